The van der Waals surface area contributed by atoms with Gasteiger partial charge in [-0.05, 0) is 38.1 Å². The zero-order valence-electron chi connectivity index (χ0n) is 14.8. The van der Waals surface area contributed by atoms with E-state index in [-0.39, 0.29) is 23.3 Å². The first kappa shape index (κ1) is 19.3. The molecule has 1 rings (SSSR count). The molecule has 0 N–H and O–H groups in total. The Kier molecular flexibility index (Phi) is 6.71. The van der Waals surface area contributed by atoms with Crippen LogP contribution < -0.4 is 0 Å². The lowest BCUT2D eigenvalue weighted by Crippen LogP contribution is -2.46. The van der Waals surface area contributed by atoms with Crippen molar-refractivity contribution in [2.45, 2.75) is 77.3 Å². The maximum absolute atomic E-state index is 10.6. The minimum absolute atomic E-state index is 0.0581. The molecule has 126 valence electrons. The summed E-state index contributed by atoms with van der Waals surface area (Å²) in [5.74, 6) is 0. The van der Waals surface area contributed by atoms with Crippen LogP contribution in [-0.2, 0) is 18.7 Å². The molecule has 0 radical (unpaired) electrons. The van der Waals surface area contributed by atoms with Crippen LogP contribution in [0.3, 0.4) is 0 Å². The standard InChI is InChI=1S/C16H29NO4Si/c1-12(2)20-15-9-8-13(17-11-18)14(21-15)10-19-22(6,7)16(3,4)5/h8-9,12-15H,10H2,1-7H3/t13-,14+,15-/m0/s1. The maximum Gasteiger partial charge on any atom is 0.235 e. The molecule has 0 bridgehead atoms. The SMILES string of the molecule is CC(C)O[C@@H]1C=C[C@H](N=C=O)[C@@H](CO[Si](C)(C)C(C)(C)C)O1. The van der Waals surface area contributed by atoms with Crippen molar-refractivity contribution in [3.05, 3.63) is 12.2 Å². The molecule has 0 aromatic heterocycles. The molecule has 0 saturated heterocycles. The molecule has 6 heteroatoms. The van der Waals surface area contributed by atoms with Gasteiger partial charge in [0.05, 0.1) is 12.7 Å². The number of aliphatic imine (C=N–C) groups is 1. The fourth-order valence-corrected chi connectivity index (χ4v) is 2.82. The summed E-state index contributed by atoms with van der Waals surface area (Å²) in [4.78, 5) is 14.4. The Balaban J connectivity index is 2.76. The van der Waals surface area contributed by atoms with Crippen LogP contribution in [0.15, 0.2) is 17.1 Å². The Morgan fingerprint density at radius 2 is 1.95 bits per heavy atom. The number of isocyanates is 1. The van der Waals surface area contributed by atoms with E-state index in [9.17, 15) is 4.79 Å². The molecule has 1 aliphatic heterocycles. The molecular formula is C16H29NO4Si. The largest absolute Gasteiger partial charge is 0.414 e. The minimum atomic E-state index is -1.88. The average Bonchev–Trinajstić information content (AvgIpc) is 2.37. The summed E-state index contributed by atoms with van der Waals surface area (Å²) >= 11 is 0. The highest BCUT2D eigenvalue weighted by Gasteiger charge is 2.39. The zero-order valence-corrected chi connectivity index (χ0v) is 15.8. The van der Waals surface area contributed by atoms with Crippen molar-refractivity contribution in [1.29, 1.82) is 0 Å². The molecule has 0 aromatic carbocycles. The van der Waals surface area contributed by atoms with Crippen LogP contribution in [0, 0.1) is 0 Å². The summed E-state index contributed by atoms with van der Waals surface area (Å²) in [7, 11) is -1.88. The third kappa shape index (κ3) is 5.45. The molecule has 0 unspecified atom stereocenters. The topological polar surface area (TPSA) is 57.1 Å². The number of rotatable bonds is 6. The van der Waals surface area contributed by atoms with Gasteiger partial charge < -0.3 is 13.9 Å². The van der Waals surface area contributed by atoms with Gasteiger partial charge in [-0.1, -0.05) is 26.8 Å². The fraction of sp³-hybridized carbons (Fsp3) is 0.812. The normalized spacial score (nSPS) is 26.1. The number of ether oxygens (including phenoxy) is 2. The fourth-order valence-electron chi connectivity index (χ4n) is 1.80. The van der Waals surface area contributed by atoms with Crippen molar-refractivity contribution >= 4 is 14.4 Å². The van der Waals surface area contributed by atoms with Crippen LogP contribution in [0.1, 0.15) is 34.6 Å². The lowest BCUT2D eigenvalue weighted by molar-refractivity contribution is -0.175. The van der Waals surface area contributed by atoms with E-state index in [4.69, 9.17) is 13.9 Å². The molecule has 1 heterocycles. The highest BCUT2D eigenvalue weighted by atomic mass is 28.4. The number of nitrogens with zero attached hydrogens (tertiary/aromatic N) is 1. The summed E-state index contributed by atoms with van der Waals surface area (Å²) in [6.07, 6.45) is 4.53. The first-order valence-electron chi connectivity index (χ1n) is 7.77. The Bertz CT molecular complexity index is 436. The van der Waals surface area contributed by atoms with Crippen molar-refractivity contribution in [3.63, 3.8) is 0 Å². The molecule has 0 saturated carbocycles. The van der Waals surface area contributed by atoms with Crippen molar-refractivity contribution in [1.82, 2.24) is 0 Å². The van der Waals surface area contributed by atoms with Crippen LogP contribution in [0.5, 0.6) is 0 Å². The smallest absolute Gasteiger partial charge is 0.235 e. The van der Waals surface area contributed by atoms with Crippen LogP contribution in [-0.4, -0.2) is 45.5 Å². The van der Waals surface area contributed by atoms with Crippen LogP contribution in [0.2, 0.25) is 18.1 Å². The summed E-state index contributed by atoms with van der Waals surface area (Å²) < 4.78 is 17.7. The minimum Gasteiger partial charge on any atom is -0.414 e. The molecular weight excluding hydrogens is 298 g/mol. The van der Waals surface area contributed by atoms with Gasteiger partial charge in [-0.3, -0.25) is 0 Å². The lowest BCUT2D eigenvalue weighted by Gasteiger charge is -2.38. The van der Waals surface area contributed by atoms with Gasteiger partial charge in [-0.25, -0.2) is 4.79 Å². The molecule has 5 nitrogen and oxygen atoms in total. The second-order valence-corrected chi connectivity index (χ2v) is 12.2. The predicted octanol–water partition coefficient (Wildman–Crippen LogP) is 3.42. The predicted molar refractivity (Wildman–Crippen MR) is 89.1 cm³/mol. The first-order valence-corrected chi connectivity index (χ1v) is 10.7. The van der Waals surface area contributed by atoms with E-state index in [1.165, 1.54) is 0 Å². The Labute approximate surface area is 134 Å². The van der Waals surface area contributed by atoms with Crippen molar-refractivity contribution in [3.8, 4) is 0 Å². The summed E-state index contributed by atoms with van der Waals surface area (Å²) in [6, 6.07) is -0.366. The van der Waals surface area contributed by atoms with Crippen LogP contribution in [0.25, 0.3) is 0 Å². The monoisotopic (exact) mass is 327 g/mol. The zero-order chi connectivity index (χ0) is 17.0. The molecule has 0 fully saturated rings. The lowest BCUT2D eigenvalue weighted by atomic mass is 10.1. The van der Waals surface area contributed by atoms with E-state index in [1.54, 1.807) is 12.2 Å². The van der Waals surface area contributed by atoms with E-state index in [1.807, 2.05) is 19.9 Å². The van der Waals surface area contributed by atoms with Gasteiger partial charge >= 0.3 is 0 Å². The second kappa shape index (κ2) is 7.66. The Hall–Kier alpha value is -0.783. The van der Waals surface area contributed by atoms with Gasteiger partial charge in [0.2, 0.25) is 6.08 Å². The molecule has 0 aromatic rings. The number of hydrogen-bond acceptors (Lipinski definition) is 5. The number of hydrogen-bond donors (Lipinski definition) is 0. The highest BCUT2D eigenvalue weighted by Crippen LogP contribution is 2.37. The summed E-state index contributed by atoms with van der Waals surface area (Å²) in [6.45, 7) is 15.2. The van der Waals surface area contributed by atoms with Gasteiger partial charge in [0, 0.05) is 0 Å². The van der Waals surface area contributed by atoms with Gasteiger partial charge in [0.1, 0.15) is 12.1 Å². The maximum atomic E-state index is 10.6. The van der Waals surface area contributed by atoms with E-state index in [0.717, 1.165) is 0 Å². The molecule has 0 amide bonds. The number of carbonyl (C=O) groups excluding carboxylic acids is 1. The Morgan fingerprint density at radius 1 is 1.32 bits per heavy atom. The molecule has 3 atom stereocenters. The van der Waals surface area contributed by atoms with Crippen molar-refractivity contribution in [2.75, 3.05) is 6.61 Å². The van der Waals surface area contributed by atoms with Crippen LogP contribution >= 0.6 is 0 Å². The summed E-state index contributed by atoms with van der Waals surface area (Å²) in [5.41, 5.74) is 0. The van der Waals surface area contributed by atoms with E-state index >= 15 is 0 Å². The second-order valence-electron chi connectivity index (χ2n) is 7.39. The molecule has 0 aliphatic carbocycles. The first-order chi connectivity index (χ1) is 10.1. The van der Waals surface area contributed by atoms with Gasteiger partial charge in [-0.2, -0.15) is 4.99 Å². The molecule has 0 spiro atoms. The highest BCUT2D eigenvalue weighted by molar-refractivity contribution is 6.74. The van der Waals surface area contributed by atoms with E-state index < -0.39 is 14.6 Å². The van der Waals surface area contributed by atoms with Gasteiger partial charge in [-0.15, -0.1) is 0 Å². The van der Waals surface area contributed by atoms with E-state index in [0.29, 0.717) is 6.61 Å². The third-order valence-electron chi connectivity index (χ3n) is 4.18. The molecule has 1 aliphatic rings. The third-order valence-corrected chi connectivity index (χ3v) is 8.68. The van der Waals surface area contributed by atoms with E-state index in [2.05, 4.69) is 38.9 Å². The quantitative estimate of drug-likeness (QED) is 0.325. The van der Waals surface area contributed by atoms with Gasteiger partial charge in [0.25, 0.3) is 0 Å². The molecule has 22 heavy (non-hydrogen) atoms. The van der Waals surface area contributed by atoms with Crippen LogP contribution in [0.4, 0.5) is 0 Å². The van der Waals surface area contributed by atoms with Crippen molar-refractivity contribution < 1.29 is 18.7 Å². The average molecular weight is 327 g/mol. The van der Waals surface area contributed by atoms with Crippen molar-refractivity contribution in [2.24, 2.45) is 4.99 Å². The van der Waals surface area contributed by atoms with Gasteiger partial charge in [0.15, 0.2) is 14.6 Å². The Morgan fingerprint density at radius 3 is 2.45 bits per heavy atom. The summed E-state index contributed by atoms with van der Waals surface area (Å²) in [5, 5.41) is 0.120.